The highest BCUT2D eigenvalue weighted by Gasteiger charge is 2.11. The maximum Gasteiger partial charge on any atom is 0.373 e. The summed E-state index contributed by atoms with van der Waals surface area (Å²) in [7, 11) is 1.29. The highest BCUT2D eigenvalue weighted by Crippen LogP contribution is 2.15. The van der Waals surface area contributed by atoms with Crippen LogP contribution in [0.15, 0.2) is 21.7 Å². The molecule has 0 bridgehead atoms. The monoisotopic (exact) mass is 229 g/mol. The Morgan fingerprint density at radius 1 is 1.67 bits per heavy atom. The van der Waals surface area contributed by atoms with E-state index in [1.807, 2.05) is 0 Å². The van der Waals surface area contributed by atoms with Crippen LogP contribution in [0.2, 0.25) is 0 Å². The van der Waals surface area contributed by atoms with Gasteiger partial charge in [-0.2, -0.15) is 5.10 Å². The van der Waals surface area contributed by atoms with Gasteiger partial charge in [-0.1, -0.05) is 11.8 Å². The average Bonchev–Trinajstić information content (AvgIpc) is 2.73. The molecule has 0 unspecified atom stereocenters. The van der Waals surface area contributed by atoms with Gasteiger partial charge in [0.25, 0.3) is 0 Å². The lowest BCUT2D eigenvalue weighted by atomic mass is 10.4. The molecule has 0 aliphatic carbocycles. The number of ether oxygens (including phenoxy) is 1. The average molecular weight is 229 g/mol. The summed E-state index contributed by atoms with van der Waals surface area (Å²) in [5, 5.41) is 3.54. The number of methoxy groups -OCH3 is 1. The van der Waals surface area contributed by atoms with E-state index in [0.29, 0.717) is 11.5 Å². The van der Waals surface area contributed by atoms with Crippen molar-refractivity contribution < 1.29 is 13.9 Å². The number of carbonyl (C=O) groups is 1. The second-order valence-corrected chi connectivity index (χ2v) is 3.51. The molecule has 7 heteroatoms. The number of nitrogens with zero attached hydrogens (tertiary/aromatic N) is 1. The Balaban J connectivity index is 2.57. The lowest BCUT2D eigenvalue weighted by Gasteiger charge is -1.96. The molecule has 1 aromatic rings. The summed E-state index contributed by atoms with van der Waals surface area (Å²) in [4.78, 5) is 11.0. The first-order chi connectivity index (χ1) is 7.17. The maximum atomic E-state index is 11.0. The fraction of sp³-hybridized carbons (Fsp3) is 0.250. The van der Waals surface area contributed by atoms with E-state index in [2.05, 4.69) is 9.84 Å². The fourth-order valence-electron chi connectivity index (χ4n) is 0.848. The van der Waals surface area contributed by atoms with Crippen LogP contribution >= 0.6 is 11.8 Å². The molecule has 4 N–H and O–H groups in total. The van der Waals surface area contributed by atoms with Gasteiger partial charge in [-0.25, -0.2) is 4.79 Å². The topological polar surface area (TPSA) is 104 Å². The zero-order chi connectivity index (χ0) is 11.3. The number of hydrazone groups is 1. The standard InChI is InChI=1S/C8H11N3O3S/c1-13-7(12)6-3-2-5(14-6)4-15-8(9)11-10/h2-3H,4,10H2,1H3,(H2,9,11). The fourth-order valence-corrected chi connectivity index (χ4v) is 1.37. The van der Waals surface area contributed by atoms with Crippen LogP contribution in [-0.4, -0.2) is 18.2 Å². The molecule has 1 heterocycles. The third kappa shape index (κ3) is 3.21. The smallest absolute Gasteiger partial charge is 0.373 e. The number of hydrogen-bond acceptors (Lipinski definition) is 6. The minimum Gasteiger partial charge on any atom is -0.463 e. The summed E-state index contributed by atoms with van der Waals surface area (Å²) in [6, 6.07) is 3.21. The normalized spacial score (nSPS) is 11.4. The summed E-state index contributed by atoms with van der Waals surface area (Å²) < 4.78 is 9.67. The maximum absolute atomic E-state index is 11.0. The Bertz CT molecular complexity index is 375. The molecule has 0 saturated heterocycles. The quantitative estimate of drug-likeness (QED) is 0.257. The Labute approximate surface area is 90.6 Å². The SMILES string of the molecule is COC(=O)c1ccc(CSC(N)=NN)o1. The van der Waals surface area contributed by atoms with Crippen LogP contribution < -0.4 is 11.6 Å². The Kier molecular flexibility index (Phi) is 4.04. The highest BCUT2D eigenvalue weighted by molar-refractivity contribution is 8.13. The molecular formula is C8H11N3O3S. The van der Waals surface area contributed by atoms with Crippen LogP contribution in [0.1, 0.15) is 16.3 Å². The van der Waals surface area contributed by atoms with Crippen molar-refractivity contribution in [1.82, 2.24) is 0 Å². The lowest BCUT2D eigenvalue weighted by molar-refractivity contribution is 0.0563. The Morgan fingerprint density at radius 3 is 3.00 bits per heavy atom. The van der Waals surface area contributed by atoms with Gasteiger partial charge in [-0.15, -0.1) is 0 Å². The molecule has 0 spiro atoms. The van der Waals surface area contributed by atoms with Gasteiger partial charge in [0.05, 0.1) is 12.9 Å². The summed E-state index contributed by atoms with van der Waals surface area (Å²) in [6.07, 6.45) is 0. The molecule has 0 aliphatic heterocycles. The van der Waals surface area contributed by atoms with E-state index < -0.39 is 5.97 Å². The van der Waals surface area contributed by atoms with Crippen molar-refractivity contribution in [1.29, 1.82) is 0 Å². The Morgan fingerprint density at radius 2 is 2.40 bits per heavy atom. The molecule has 0 fully saturated rings. The van der Waals surface area contributed by atoms with E-state index in [9.17, 15) is 4.79 Å². The largest absolute Gasteiger partial charge is 0.463 e. The number of nitrogens with two attached hydrogens (primary N) is 2. The summed E-state index contributed by atoms with van der Waals surface area (Å²) in [5.74, 6) is 5.67. The predicted molar refractivity (Wildman–Crippen MR) is 57.2 cm³/mol. The summed E-state index contributed by atoms with van der Waals surface area (Å²) in [6.45, 7) is 0. The third-order valence-electron chi connectivity index (χ3n) is 1.54. The zero-order valence-electron chi connectivity index (χ0n) is 8.10. The van der Waals surface area contributed by atoms with Gasteiger partial charge in [-0.05, 0) is 12.1 Å². The van der Waals surface area contributed by atoms with Crippen molar-refractivity contribution in [3.63, 3.8) is 0 Å². The highest BCUT2D eigenvalue weighted by atomic mass is 32.2. The van der Waals surface area contributed by atoms with Crippen molar-refractivity contribution in [3.8, 4) is 0 Å². The van der Waals surface area contributed by atoms with Crippen LogP contribution in [0.3, 0.4) is 0 Å². The summed E-state index contributed by atoms with van der Waals surface area (Å²) >= 11 is 1.22. The molecule has 0 saturated carbocycles. The van der Waals surface area contributed by atoms with Gasteiger partial charge in [0.2, 0.25) is 5.76 Å². The number of furan rings is 1. The van der Waals surface area contributed by atoms with E-state index in [4.69, 9.17) is 16.0 Å². The van der Waals surface area contributed by atoms with Gasteiger partial charge in [0.1, 0.15) is 5.76 Å². The molecular weight excluding hydrogens is 218 g/mol. The van der Waals surface area contributed by atoms with E-state index >= 15 is 0 Å². The van der Waals surface area contributed by atoms with Crippen LogP contribution in [0.5, 0.6) is 0 Å². The first-order valence-electron chi connectivity index (χ1n) is 4.00. The molecule has 15 heavy (non-hydrogen) atoms. The van der Waals surface area contributed by atoms with Crippen LogP contribution in [-0.2, 0) is 10.5 Å². The van der Waals surface area contributed by atoms with Crippen molar-refractivity contribution in [3.05, 3.63) is 23.7 Å². The van der Waals surface area contributed by atoms with Crippen molar-refractivity contribution >= 4 is 22.9 Å². The van der Waals surface area contributed by atoms with Gasteiger partial charge < -0.3 is 20.7 Å². The molecule has 0 aromatic carbocycles. The van der Waals surface area contributed by atoms with E-state index in [0.717, 1.165) is 0 Å². The van der Waals surface area contributed by atoms with Crippen LogP contribution in [0.4, 0.5) is 0 Å². The minimum absolute atomic E-state index is 0.163. The number of amidine groups is 1. The van der Waals surface area contributed by atoms with E-state index in [1.54, 1.807) is 6.07 Å². The molecule has 0 radical (unpaired) electrons. The van der Waals surface area contributed by atoms with Crippen LogP contribution in [0.25, 0.3) is 0 Å². The van der Waals surface area contributed by atoms with Gasteiger partial charge >= 0.3 is 5.97 Å². The first kappa shape index (κ1) is 11.4. The molecule has 82 valence electrons. The minimum atomic E-state index is -0.508. The Hall–Kier alpha value is -1.63. The van der Waals surface area contributed by atoms with Gasteiger partial charge in [-0.3, -0.25) is 0 Å². The number of carbonyl (C=O) groups excluding carboxylic acids is 1. The van der Waals surface area contributed by atoms with Crippen molar-refractivity contribution in [2.45, 2.75) is 5.75 Å². The number of hydrogen-bond donors (Lipinski definition) is 2. The number of rotatable bonds is 3. The second-order valence-electron chi connectivity index (χ2n) is 2.51. The molecule has 1 aromatic heterocycles. The number of thioether (sulfide) groups is 1. The first-order valence-corrected chi connectivity index (χ1v) is 4.99. The molecule has 6 nitrogen and oxygen atoms in total. The molecule has 1 rings (SSSR count). The molecule has 0 amide bonds. The third-order valence-corrected chi connectivity index (χ3v) is 2.37. The van der Waals surface area contributed by atoms with Crippen molar-refractivity contribution in [2.75, 3.05) is 7.11 Å². The van der Waals surface area contributed by atoms with Crippen molar-refractivity contribution in [2.24, 2.45) is 16.7 Å². The van der Waals surface area contributed by atoms with E-state index in [1.165, 1.54) is 24.9 Å². The van der Waals surface area contributed by atoms with E-state index in [-0.39, 0.29) is 10.9 Å². The van der Waals surface area contributed by atoms with Crippen LogP contribution in [0, 0.1) is 0 Å². The number of esters is 1. The summed E-state index contributed by atoms with van der Waals surface area (Å²) in [5.41, 5.74) is 5.37. The second kappa shape index (κ2) is 5.30. The lowest BCUT2D eigenvalue weighted by Crippen LogP contribution is -2.09. The van der Waals surface area contributed by atoms with Gasteiger partial charge in [0.15, 0.2) is 5.17 Å². The predicted octanol–water partition coefficient (Wildman–Crippen LogP) is 0.488. The van der Waals surface area contributed by atoms with Gasteiger partial charge in [0, 0.05) is 0 Å². The zero-order valence-corrected chi connectivity index (χ0v) is 8.91. The molecule has 0 aliphatic rings. The molecule has 0 atom stereocenters.